The average molecular weight is 254 g/mol. The number of anilines is 1. The van der Waals surface area contributed by atoms with Gasteiger partial charge in [0, 0.05) is 11.7 Å². The number of nitriles is 1. The number of aryl methyl sites for hydroxylation is 1. The molecule has 19 heavy (non-hydrogen) atoms. The molecule has 4 atom stereocenters. The fourth-order valence-corrected chi connectivity index (χ4v) is 4.16. The lowest BCUT2D eigenvalue weighted by atomic mass is 9.84. The molecule has 100 valence electrons. The van der Waals surface area contributed by atoms with Crippen LogP contribution in [0, 0.1) is 36.0 Å². The third kappa shape index (κ3) is 2.34. The molecule has 4 unspecified atom stereocenters. The van der Waals surface area contributed by atoms with E-state index in [-0.39, 0.29) is 0 Å². The highest BCUT2D eigenvalue weighted by Crippen LogP contribution is 2.49. The van der Waals surface area contributed by atoms with Gasteiger partial charge in [0.25, 0.3) is 0 Å². The average Bonchev–Trinajstić information content (AvgIpc) is 3.01. The van der Waals surface area contributed by atoms with E-state index < -0.39 is 0 Å². The van der Waals surface area contributed by atoms with E-state index in [1.54, 1.807) is 0 Å². The number of hydrogen-bond donors (Lipinski definition) is 1. The van der Waals surface area contributed by atoms with Gasteiger partial charge in [-0.3, -0.25) is 0 Å². The van der Waals surface area contributed by atoms with Gasteiger partial charge in [-0.15, -0.1) is 0 Å². The third-order valence-corrected chi connectivity index (χ3v) is 5.18. The Bertz CT molecular complexity index is 514. The molecule has 0 spiro atoms. The van der Waals surface area contributed by atoms with Crippen molar-refractivity contribution in [2.75, 3.05) is 5.32 Å². The Morgan fingerprint density at radius 2 is 2.16 bits per heavy atom. The molecule has 2 heteroatoms. The number of nitrogens with one attached hydrogen (secondary N) is 1. The number of nitrogens with zero attached hydrogens (tertiary/aromatic N) is 1. The minimum absolute atomic E-state index is 0.544. The summed E-state index contributed by atoms with van der Waals surface area (Å²) < 4.78 is 0. The highest BCUT2D eigenvalue weighted by atomic mass is 14.9. The molecule has 2 bridgehead atoms. The molecule has 0 aliphatic heterocycles. The summed E-state index contributed by atoms with van der Waals surface area (Å²) in [7, 11) is 0. The fraction of sp³-hybridized carbons (Fsp3) is 0.588. The van der Waals surface area contributed by atoms with Crippen molar-refractivity contribution in [1.82, 2.24) is 0 Å². The minimum Gasteiger partial charge on any atom is -0.382 e. The van der Waals surface area contributed by atoms with E-state index in [4.69, 9.17) is 5.26 Å². The van der Waals surface area contributed by atoms with Gasteiger partial charge in [0.2, 0.25) is 0 Å². The van der Waals surface area contributed by atoms with Crippen LogP contribution in [0.15, 0.2) is 18.2 Å². The molecular weight excluding hydrogens is 232 g/mol. The third-order valence-electron chi connectivity index (χ3n) is 5.18. The first-order valence-corrected chi connectivity index (χ1v) is 7.44. The van der Waals surface area contributed by atoms with Gasteiger partial charge in [-0.25, -0.2) is 0 Å². The number of benzene rings is 1. The van der Waals surface area contributed by atoms with Gasteiger partial charge in [-0.1, -0.05) is 6.42 Å². The van der Waals surface area contributed by atoms with Crippen LogP contribution in [-0.2, 0) is 0 Å². The van der Waals surface area contributed by atoms with E-state index in [0.717, 1.165) is 34.6 Å². The van der Waals surface area contributed by atoms with E-state index in [2.05, 4.69) is 24.4 Å². The van der Waals surface area contributed by atoms with Crippen LogP contribution < -0.4 is 5.32 Å². The molecule has 1 aromatic carbocycles. The summed E-state index contributed by atoms with van der Waals surface area (Å²) in [6.07, 6.45) is 5.77. The van der Waals surface area contributed by atoms with Crippen LogP contribution in [0.1, 0.15) is 43.7 Å². The van der Waals surface area contributed by atoms with E-state index in [0.29, 0.717) is 6.04 Å². The smallest absolute Gasteiger partial charge is 0.0994 e. The van der Waals surface area contributed by atoms with Gasteiger partial charge in [0.15, 0.2) is 0 Å². The van der Waals surface area contributed by atoms with E-state index in [1.807, 2.05) is 19.1 Å². The van der Waals surface area contributed by atoms with Crippen LogP contribution in [0.25, 0.3) is 0 Å². The Hall–Kier alpha value is -1.49. The Morgan fingerprint density at radius 3 is 2.74 bits per heavy atom. The molecule has 3 rings (SSSR count). The summed E-state index contributed by atoms with van der Waals surface area (Å²) in [5.74, 6) is 2.80. The molecule has 0 heterocycles. The first-order chi connectivity index (χ1) is 9.17. The van der Waals surface area contributed by atoms with E-state index >= 15 is 0 Å². The first kappa shape index (κ1) is 12.5. The molecule has 0 aromatic heterocycles. The van der Waals surface area contributed by atoms with Gasteiger partial charge in [0.1, 0.15) is 0 Å². The Morgan fingerprint density at radius 1 is 1.32 bits per heavy atom. The second-order valence-electron chi connectivity index (χ2n) is 6.41. The summed E-state index contributed by atoms with van der Waals surface area (Å²) in [5, 5.41) is 12.6. The van der Waals surface area contributed by atoms with Crippen LogP contribution in [0.3, 0.4) is 0 Å². The molecule has 1 aromatic rings. The molecule has 0 saturated heterocycles. The maximum absolute atomic E-state index is 8.96. The molecule has 2 aliphatic rings. The summed E-state index contributed by atoms with van der Waals surface area (Å²) in [4.78, 5) is 0. The summed E-state index contributed by atoms with van der Waals surface area (Å²) >= 11 is 0. The molecule has 2 saturated carbocycles. The second-order valence-corrected chi connectivity index (χ2v) is 6.41. The summed E-state index contributed by atoms with van der Waals surface area (Å²) in [5.41, 5.74) is 3.00. The van der Waals surface area contributed by atoms with Gasteiger partial charge in [-0.05, 0) is 74.6 Å². The Kier molecular flexibility index (Phi) is 3.22. The lowest BCUT2D eigenvalue weighted by Crippen LogP contribution is -2.29. The van der Waals surface area contributed by atoms with Gasteiger partial charge in [-0.2, -0.15) is 5.26 Å². The van der Waals surface area contributed by atoms with Crippen LogP contribution >= 0.6 is 0 Å². The van der Waals surface area contributed by atoms with Crippen molar-refractivity contribution in [3.8, 4) is 6.07 Å². The molecule has 1 N–H and O–H groups in total. The lowest BCUT2D eigenvalue weighted by molar-refractivity contribution is 0.304. The SMILES string of the molecule is Cc1cc(NC(C)C2CC3CCC2C3)ccc1C#N. The molecule has 2 nitrogen and oxygen atoms in total. The summed E-state index contributed by atoms with van der Waals surface area (Å²) in [6, 6.07) is 8.83. The maximum Gasteiger partial charge on any atom is 0.0994 e. The quantitative estimate of drug-likeness (QED) is 0.881. The fourth-order valence-electron chi connectivity index (χ4n) is 4.16. The summed E-state index contributed by atoms with van der Waals surface area (Å²) in [6.45, 7) is 4.32. The zero-order chi connectivity index (χ0) is 13.4. The normalized spacial score (nSPS) is 30.1. The zero-order valence-electron chi connectivity index (χ0n) is 11.8. The predicted octanol–water partition coefficient (Wildman–Crippen LogP) is 4.10. The minimum atomic E-state index is 0.544. The van der Waals surface area contributed by atoms with Gasteiger partial charge in [0.05, 0.1) is 11.6 Å². The number of fused-ring (bicyclic) bond motifs is 2. The van der Waals surface area contributed by atoms with Crippen molar-refractivity contribution >= 4 is 5.69 Å². The molecular formula is C17H22N2. The van der Waals surface area contributed by atoms with Crippen molar-refractivity contribution in [2.24, 2.45) is 17.8 Å². The Balaban J connectivity index is 1.68. The van der Waals surface area contributed by atoms with Crippen LogP contribution in [0.4, 0.5) is 5.69 Å². The van der Waals surface area contributed by atoms with Gasteiger partial charge < -0.3 is 5.32 Å². The molecule has 2 fully saturated rings. The second kappa shape index (κ2) is 4.89. The topological polar surface area (TPSA) is 35.8 Å². The van der Waals surface area contributed by atoms with Crippen LogP contribution in [-0.4, -0.2) is 6.04 Å². The zero-order valence-corrected chi connectivity index (χ0v) is 11.8. The van der Waals surface area contributed by atoms with Crippen molar-refractivity contribution in [1.29, 1.82) is 5.26 Å². The van der Waals surface area contributed by atoms with Crippen LogP contribution in [0.5, 0.6) is 0 Å². The highest BCUT2D eigenvalue weighted by Gasteiger charge is 2.41. The maximum atomic E-state index is 8.96. The van der Waals surface area contributed by atoms with Crippen molar-refractivity contribution in [2.45, 2.75) is 45.6 Å². The predicted molar refractivity (Wildman–Crippen MR) is 77.9 cm³/mol. The van der Waals surface area contributed by atoms with Crippen LogP contribution in [0.2, 0.25) is 0 Å². The van der Waals surface area contributed by atoms with Crippen molar-refractivity contribution in [3.05, 3.63) is 29.3 Å². The number of hydrogen-bond acceptors (Lipinski definition) is 2. The standard InChI is InChI=1S/C17H22N2/c1-11-7-16(6-5-15(11)10-18)19-12(2)17-9-13-3-4-14(17)8-13/h5-7,12-14,17,19H,3-4,8-9H2,1-2H3. The molecule has 0 amide bonds. The van der Waals surface area contributed by atoms with Crippen molar-refractivity contribution in [3.63, 3.8) is 0 Å². The van der Waals surface area contributed by atoms with Gasteiger partial charge >= 0.3 is 0 Å². The van der Waals surface area contributed by atoms with Crippen molar-refractivity contribution < 1.29 is 0 Å². The molecule has 0 radical (unpaired) electrons. The highest BCUT2D eigenvalue weighted by molar-refractivity contribution is 5.52. The first-order valence-electron chi connectivity index (χ1n) is 7.44. The van der Waals surface area contributed by atoms with E-state index in [1.165, 1.54) is 25.7 Å². The largest absolute Gasteiger partial charge is 0.382 e. The Labute approximate surface area is 115 Å². The monoisotopic (exact) mass is 254 g/mol. The molecule has 2 aliphatic carbocycles. The lowest BCUT2D eigenvalue weighted by Gasteiger charge is -2.29. The number of rotatable bonds is 3. The van der Waals surface area contributed by atoms with E-state index in [9.17, 15) is 0 Å².